The lowest BCUT2D eigenvalue weighted by molar-refractivity contribution is -0.139. The number of likely N-dealkylation sites (tertiary alicyclic amines) is 1. The van der Waals surface area contributed by atoms with E-state index < -0.39 is 33.6 Å². The first-order chi connectivity index (χ1) is 17.0. The molecule has 0 bridgehead atoms. The van der Waals surface area contributed by atoms with Gasteiger partial charge in [0.2, 0.25) is 0 Å². The minimum absolute atomic E-state index is 0.0656. The van der Waals surface area contributed by atoms with Crippen molar-refractivity contribution in [1.82, 2.24) is 4.90 Å². The number of ether oxygens (including phenoxy) is 1. The van der Waals surface area contributed by atoms with E-state index in [-0.39, 0.29) is 20.7 Å². The van der Waals surface area contributed by atoms with Gasteiger partial charge in [0.25, 0.3) is 10.0 Å². The van der Waals surface area contributed by atoms with Crippen LogP contribution >= 0.6 is 22.9 Å². The highest BCUT2D eigenvalue weighted by molar-refractivity contribution is 7.94. The standard InChI is InChI=1S/C24H21ClF3N3O3S2/c1-31-11-9-18(14-31)34-21-12-17(6-7-20(21)24(26,27)28)30-36(32,33)23-19(13-22(25)35-23)16-4-2-15(3-5-16)8-10-29/h2-7,12-13,18,30H,8-9,11,14H2,1H3/t18-/m1/s1. The summed E-state index contributed by atoms with van der Waals surface area (Å²) in [5, 5.41) is 8.85. The van der Waals surface area contributed by atoms with Crippen LogP contribution in [0.25, 0.3) is 11.1 Å². The second kappa shape index (κ2) is 10.3. The molecule has 1 N–H and O–H groups in total. The molecular formula is C24H21ClF3N3O3S2. The number of sulfonamides is 1. The Morgan fingerprint density at radius 1 is 1.22 bits per heavy atom. The lowest BCUT2D eigenvalue weighted by Gasteiger charge is -2.19. The fourth-order valence-electron chi connectivity index (χ4n) is 3.93. The monoisotopic (exact) mass is 555 g/mol. The number of rotatable bonds is 7. The Balaban J connectivity index is 1.65. The van der Waals surface area contributed by atoms with E-state index in [1.54, 1.807) is 24.3 Å². The molecule has 6 nitrogen and oxygen atoms in total. The number of nitriles is 1. The molecule has 0 unspecified atom stereocenters. The highest BCUT2D eigenvalue weighted by Crippen LogP contribution is 2.41. The number of thiophene rings is 1. The van der Waals surface area contributed by atoms with E-state index in [0.717, 1.165) is 35.1 Å². The van der Waals surface area contributed by atoms with Crippen LogP contribution in [0.3, 0.4) is 0 Å². The van der Waals surface area contributed by atoms with Gasteiger partial charge in [-0.25, -0.2) is 8.42 Å². The van der Waals surface area contributed by atoms with Crippen LogP contribution in [0.15, 0.2) is 52.7 Å². The van der Waals surface area contributed by atoms with Crippen molar-refractivity contribution in [1.29, 1.82) is 5.26 Å². The second-order valence-corrected chi connectivity index (χ2v) is 11.9. The molecule has 36 heavy (non-hydrogen) atoms. The van der Waals surface area contributed by atoms with E-state index in [9.17, 15) is 21.6 Å². The van der Waals surface area contributed by atoms with Crippen molar-refractivity contribution in [3.63, 3.8) is 0 Å². The zero-order valence-corrected chi connectivity index (χ0v) is 21.4. The van der Waals surface area contributed by atoms with Gasteiger partial charge in [0, 0.05) is 24.7 Å². The van der Waals surface area contributed by atoms with Crippen LogP contribution in [0, 0.1) is 11.3 Å². The van der Waals surface area contributed by atoms with Crippen molar-refractivity contribution in [3.8, 4) is 22.9 Å². The molecule has 3 aromatic rings. The van der Waals surface area contributed by atoms with Gasteiger partial charge >= 0.3 is 6.18 Å². The molecule has 0 spiro atoms. The zero-order valence-electron chi connectivity index (χ0n) is 19.0. The third-order valence-electron chi connectivity index (χ3n) is 5.64. The van der Waals surface area contributed by atoms with Gasteiger partial charge in [0.05, 0.1) is 28.1 Å². The zero-order chi connectivity index (χ0) is 26.1. The Hall–Kier alpha value is -2.78. The molecule has 0 saturated carbocycles. The molecule has 0 aliphatic carbocycles. The van der Waals surface area contributed by atoms with Gasteiger partial charge in [0.1, 0.15) is 16.1 Å². The summed E-state index contributed by atoms with van der Waals surface area (Å²) in [6.07, 6.45) is -4.32. The molecule has 2 heterocycles. The molecule has 1 aromatic heterocycles. The molecular weight excluding hydrogens is 535 g/mol. The summed E-state index contributed by atoms with van der Waals surface area (Å²) < 4.78 is 75.5. The minimum Gasteiger partial charge on any atom is -0.488 e. The molecule has 12 heteroatoms. The van der Waals surface area contributed by atoms with Crippen molar-refractivity contribution in [2.75, 3.05) is 24.9 Å². The van der Waals surface area contributed by atoms with E-state index in [2.05, 4.69) is 4.72 Å². The van der Waals surface area contributed by atoms with Gasteiger partial charge in [-0.05, 0) is 42.8 Å². The number of likely N-dealkylation sites (N-methyl/N-ethyl adjacent to an activating group) is 1. The summed E-state index contributed by atoms with van der Waals surface area (Å²) >= 11 is 6.98. The molecule has 1 saturated heterocycles. The van der Waals surface area contributed by atoms with Crippen LogP contribution < -0.4 is 9.46 Å². The van der Waals surface area contributed by atoms with Gasteiger partial charge in [-0.1, -0.05) is 35.9 Å². The number of nitrogens with zero attached hydrogens (tertiary/aromatic N) is 2. The summed E-state index contributed by atoms with van der Waals surface area (Å²) in [5.41, 5.74) is 0.651. The van der Waals surface area contributed by atoms with E-state index in [0.29, 0.717) is 30.6 Å². The third-order valence-corrected chi connectivity index (χ3v) is 8.82. The van der Waals surface area contributed by atoms with Crippen molar-refractivity contribution < 1.29 is 26.3 Å². The summed E-state index contributed by atoms with van der Waals surface area (Å²) in [6, 6.07) is 13.3. The number of alkyl halides is 3. The summed E-state index contributed by atoms with van der Waals surface area (Å²) in [7, 11) is -2.36. The van der Waals surface area contributed by atoms with Crippen LogP contribution in [0.4, 0.5) is 18.9 Å². The van der Waals surface area contributed by atoms with Gasteiger partial charge in [0.15, 0.2) is 0 Å². The molecule has 1 aliphatic heterocycles. The maximum Gasteiger partial charge on any atom is 0.419 e. The average Bonchev–Trinajstić information content (AvgIpc) is 3.39. The number of nitrogens with one attached hydrogen (secondary N) is 1. The molecule has 0 radical (unpaired) electrons. The van der Waals surface area contributed by atoms with Crippen LogP contribution in [-0.2, 0) is 22.6 Å². The Morgan fingerprint density at radius 2 is 1.94 bits per heavy atom. The number of halogens is 4. The van der Waals surface area contributed by atoms with E-state index in [4.69, 9.17) is 21.6 Å². The Bertz CT molecular complexity index is 1400. The number of hydrogen-bond acceptors (Lipinski definition) is 6. The number of anilines is 1. The largest absolute Gasteiger partial charge is 0.488 e. The van der Waals surface area contributed by atoms with Crippen molar-refractivity contribution in [2.24, 2.45) is 0 Å². The molecule has 4 rings (SSSR count). The maximum atomic E-state index is 13.6. The summed E-state index contributed by atoms with van der Waals surface area (Å²) in [6.45, 7) is 1.16. The summed E-state index contributed by atoms with van der Waals surface area (Å²) in [4.78, 5) is 1.94. The fourth-order valence-corrected chi connectivity index (χ4v) is 6.88. The third kappa shape index (κ3) is 5.95. The van der Waals surface area contributed by atoms with Crippen LogP contribution in [0.1, 0.15) is 17.5 Å². The topological polar surface area (TPSA) is 82.4 Å². The molecule has 1 fully saturated rings. The maximum absolute atomic E-state index is 13.6. The predicted molar refractivity (Wildman–Crippen MR) is 133 cm³/mol. The lowest BCUT2D eigenvalue weighted by Crippen LogP contribution is -2.23. The van der Waals surface area contributed by atoms with Crippen LogP contribution in [0.2, 0.25) is 4.34 Å². The average molecular weight is 556 g/mol. The van der Waals surface area contributed by atoms with Crippen molar-refractivity contribution in [3.05, 3.63) is 64.0 Å². The SMILES string of the molecule is CN1CC[C@@H](Oc2cc(NS(=O)(=O)c3sc(Cl)cc3-c3ccc(CC#N)cc3)ccc2C(F)(F)F)C1. The normalized spacial score (nSPS) is 16.6. The van der Waals surface area contributed by atoms with E-state index >= 15 is 0 Å². The van der Waals surface area contributed by atoms with Crippen molar-refractivity contribution >= 4 is 38.6 Å². The lowest BCUT2D eigenvalue weighted by atomic mass is 10.1. The van der Waals surface area contributed by atoms with Gasteiger partial charge in [-0.2, -0.15) is 18.4 Å². The fraction of sp³-hybridized carbons (Fsp3) is 0.292. The summed E-state index contributed by atoms with van der Waals surface area (Å²) in [5.74, 6) is -0.430. The quantitative estimate of drug-likeness (QED) is 0.384. The predicted octanol–water partition coefficient (Wildman–Crippen LogP) is 6.04. The molecule has 190 valence electrons. The van der Waals surface area contributed by atoms with Gasteiger partial charge in [-0.3, -0.25) is 4.72 Å². The van der Waals surface area contributed by atoms with Crippen LogP contribution in [-0.4, -0.2) is 39.6 Å². The Morgan fingerprint density at radius 3 is 2.56 bits per heavy atom. The van der Waals surface area contributed by atoms with E-state index in [1.165, 1.54) is 6.07 Å². The molecule has 2 aromatic carbocycles. The highest BCUT2D eigenvalue weighted by atomic mass is 35.5. The molecule has 1 aliphatic rings. The molecule has 0 amide bonds. The van der Waals surface area contributed by atoms with E-state index in [1.807, 2.05) is 18.0 Å². The second-order valence-electron chi connectivity index (χ2n) is 8.39. The first-order valence-electron chi connectivity index (χ1n) is 10.8. The minimum atomic E-state index is -4.66. The van der Waals surface area contributed by atoms with Crippen molar-refractivity contribution in [2.45, 2.75) is 29.3 Å². The number of benzene rings is 2. The first-order valence-corrected chi connectivity index (χ1v) is 13.5. The smallest absolute Gasteiger partial charge is 0.419 e. The Labute approximate surface area is 215 Å². The van der Waals surface area contributed by atoms with Gasteiger partial charge < -0.3 is 9.64 Å². The number of hydrogen-bond donors (Lipinski definition) is 1. The van der Waals surface area contributed by atoms with Crippen LogP contribution in [0.5, 0.6) is 5.75 Å². The Kier molecular flexibility index (Phi) is 7.52. The first kappa shape index (κ1) is 26.3. The van der Waals surface area contributed by atoms with Gasteiger partial charge in [-0.15, -0.1) is 11.3 Å². The highest BCUT2D eigenvalue weighted by Gasteiger charge is 2.36. The molecule has 1 atom stereocenters.